The van der Waals surface area contributed by atoms with Gasteiger partial charge in [0.1, 0.15) is 12.4 Å². The molecule has 0 radical (unpaired) electrons. The average molecular weight is 285 g/mol. The maximum Gasteiger partial charge on any atom is 0.163 e. The number of benzene rings is 1. The number of ether oxygens (including phenoxy) is 1. The third kappa shape index (κ3) is 4.49. The van der Waals surface area contributed by atoms with Crippen molar-refractivity contribution in [2.75, 3.05) is 26.2 Å². The SMILES string of the molecule is CC(=O)c1ccccc1OCCN1CC[C@H](N)C1.Cl. The lowest BCUT2D eigenvalue weighted by Crippen LogP contribution is -2.29. The van der Waals surface area contributed by atoms with Crippen LogP contribution in [0.1, 0.15) is 23.7 Å². The molecule has 5 heteroatoms. The minimum Gasteiger partial charge on any atom is -0.491 e. The Bertz CT molecular complexity index is 426. The molecule has 19 heavy (non-hydrogen) atoms. The summed E-state index contributed by atoms with van der Waals surface area (Å²) in [5.74, 6) is 0.710. The van der Waals surface area contributed by atoms with Crippen molar-refractivity contribution in [1.82, 2.24) is 4.90 Å². The summed E-state index contributed by atoms with van der Waals surface area (Å²) < 4.78 is 5.69. The molecule has 1 aliphatic heterocycles. The predicted molar refractivity (Wildman–Crippen MR) is 78.2 cm³/mol. The first-order chi connectivity index (χ1) is 8.66. The van der Waals surface area contributed by atoms with Crippen LogP contribution < -0.4 is 10.5 Å². The summed E-state index contributed by atoms with van der Waals surface area (Å²) in [7, 11) is 0. The highest BCUT2D eigenvalue weighted by atomic mass is 35.5. The molecule has 0 saturated carbocycles. The van der Waals surface area contributed by atoms with Crippen molar-refractivity contribution in [2.24, 2.45) is 5.73 Å². The summed E-state index contributed by atoms with van der Waals surface area (Å²) in [5.41, 5.74) is 6.49. The van der Waals surface area contributed by atoms with Crippen molar-refractivity contribution < 1.29 is 9.53 Å². The molecule has 1 atom stereocenters. The minimum absolute atomic E-state index is 0. The van der Waals surface area contributed by atoms with E-state index in [1.807, 2.05) is 18.2 Å². The fourth-order valence-electron chi connectivity index (χ4n) is 2.23. The molecule has 1 heterocycles. The van der Waals surface area contributed by atoms with Crippen LogP contribution in [0.15, 0.2) is 24.3 Å². The first kappa shape index (κ1) is 16.0. The number of Topliss-reactive ketones (excluding diaryl/α,β-unsaturated/α-hetero) is 1. The number of carbonyl (C=O) groups excluding carboxylic acids is 1. The van der Waals surface area contributed by atoms with Gasteiger partial charge < -0.3 is 10.5 Å². The van der Waals surface area contributed by atoms with Crippen molar-refractivity contribution in [3.05, 3.63) is 29.8 Å². The van der Waals surface area contributed by atoms with Crippen LogP contribution >= 0.6 is 12.4 Å². The topological polar surface area (TPSA) is 55.6 Å². The standard InChI is InChI=1S/C14H20N2O2.ClH/c1-11(17)13-4-2-3-5-14(13)18-9-8-16-7-6-12(15)10-16;/h2-5,12H,6-10,15H2,1H3;1H/t12-;/m0./s1. The first-order valence-electron chi connectivity index (χ1n) is 6.37. The zero-order chi connectivity index (χ0) is 13.0. The average Bonchev–Trinajstić information content (AvgIpc) is 2.75. The van der Waals surface area contributed by atoms with Gasteiger partial charge >= 0.3 is 0 Å². The molecule has 2 rings (SSSR count). The number of halogens is 1. The Balaban J connectivity index is 0.00000180. The number of nitrogens with zero attached hydrogens (tertiary/aromatic N) is 1. The van der Waals surface area contributed by atoms with Crippen LogP contribution in [-0.4, -0.2) is 43.0 Å². The van der Waals surface area contributed by atoms with Gasteiger partial charge in [-0.1, -0.05) is 12.1 Å². The molecule has 0 unspecified atom stereocenters. The third-order valence-electron chi connectivity index (χ3n) is 3.24. The van der Waals surface area contributed by atoms with Crippen LogP contribution in [0.3, 0.4) is 0 Å². The van der Waals surface area contributed by atoms with E-state index in [0.717, 1.165) is 26.1 Å². The van der Waals surface area contributed by atoms with Gasteiger partial charge in [0, 0.05) is 19.1 Å². The Labute approximate surface area is 120 Å². The number of likely N-dealkylation sites (tertiary alicyclic amines) is 1. The van der Waals surface area contributed by atoms with E-state index in [1.54, 1.807) is 13.0 Å². The molecule has 1 fully saturated rings. The fraction of sp³-hybridized carbons (Fsp3) is 0.500. The molecule has 2 N–H and O–H groups in total. The van der Waals surface area contributed by atoms with Gasteiger partial charge in [0.25, 0.3) is 0 Å². The molecular formula is C14H21ClN2O2. The second-order valence-corrected chi connectivity index (χ2v) is 4.75. The van der Waals surface area contributed by atoms with Gasteiger partial charge in [0.2, 0.25) is 0 Å². The summed E-state index contributed by atoms with van der Waals surface area (Å²) in [6, 6.07) is 7.67. The molecule has 1 aromatic rings. The van der Waals surface area contributed by atoms with E-state index >= 15 is 0 Å². The van der Waals surface area contributed by atoms with Gasteiger partial charge in [-0.2, -0.15) is 0 Å². The van der Waals surface area contributed by atoms with Gasteiger partial charge in [-0.05, 0) is 32.0 Å². The zero-order valence-corrected chi connectivity index (χ0v) is 12.0. The Morgan fingerprint density at radius 1 is 1.47 bits per heavy atom. The smallest absolute Gasteiger partial charge is 0.163 e. The van der Waals surface area contributed by atoms with Gasteiger partial charge in [-0.15, -0.1) is 12.4 Å². The van der Waals surface area contributed by atoms with Gasteiger partial charge in [-0.25, -0.2) is 0 Å². The van der Waals surface area contributed by atoms with E-state index in [0.29, 0.717) is 24.0 Å². The molecular weight excluding hydrogens is 264 g/mol. The predicted octanol–water partition coefficient (Wildman–Crippen LogP) is 1.72. The van der Waals surface area contributed by atoms with E-state index in [9.17, 15) is 4.79 Å². The number of ketones is 1. The number of nitrogens with two attached hydrogens (primary N) is 1. The lowest BCUT2D eigenvalue weighted by atomic mass is 10.1. The van der Waals surface area contributed by atoms with E-state index < -0.39 is 0 Å². The lowest BCUT2D eigenvalue weighted by molar-refractivity contribution is 0.101. The largest absolute Gasteiger partial charge is 0.491 e. The van der Waals surface area contributed by atoms with Crippen LogP contribution in [0, 0.1) is 0 Å². The second kappa shape index (κ2) is 7.48. The number of hydrogen-bond donors (Lipinski definition) is 1. The molecule has 106 valence electrons. The monoisotopic (exact) mass is 284 g/mol. The third-order valence-corrected chi connectivity index (χ3v) is 3.24. The minimum atomic E-state index is 0. The van der Waals surface area contributed by atoms with Crippen LogP contribution in [0.25, 0.3) is 0 Å². The zero-order valence-electron chi connectivity index (χ0n) is 11.2. The number of rotatable bonds is 5. The normalized spacial score (nSPS) is 18.9. The van der Waals surface area contributed by atoms with E-state index in [1.165, 1.54) is 0 Å². The van der Waals surface area contributed by atoms with Crippen molar-refractivity contribution in [1.29, 1.82) is 0 Å². The highest BCUT2D eigenvalue weighted by Crippen LogP contribution is 2.18. The Kier molecular flexibility index (Phi) is 6.28. The highest BCUT2D eigenvalue weighted by molar-refractivity contribution is 5.96. The van der Waals surface area contributed by atoms with Crippen molar-refractivity contribution in [3.8, 4) is 5.75 Å². The Morgan fingerprint density at radius 2 is 2.21 bits per heavy atom. The maximum atomic E-state index is 11.4. The highest BCUT2D eigenvalue weighted by Gasteiger charge is 2.18. The van der Waals surface area contributed by atoms with Crippen molar-refractivity contribution in [2.45, 2.75) is 19.4 Å². The summed E-state index contributed by atoms with van der Waals surface area (Å²) in [6.45, 7) is 5.00. The van der Waals surface area contributed by atoms with Crippen LogP contribution in [-0.2, 0) is 0 Å². The van der Waals surface area contributed by atoms with Gasteiger partial charge in [0.05, 0.1) is 5.56 Å². The van der Waals surface area contributed by atoms with Gasteiger partial charge in [0.15, 0.2) is 5.78 Å². The van der Waals surface area contributed by atoms with Crippen molar-refractivity contribution in [3.63, 3.8) is 0 Å². The molecule has 1 saturated heterocycles. The lowest BCUT2D eigenvalue weighted by Gasteiger charge is -2.16. The first-order valence-corrected chi connectivity index (χ1v) is 6.37. The Morgan fingerprint density at radius 3 is 2.84 bits per heavy atom. The molecule has 1 aromatic carbocycles. The number of carbonyl (C=O) groups is 1. The van der Waals surface area contributed by atoms with E-state index in [4.69, 9.17) is 10.5 Å². The van der Waals surface area contributed by atoms with Crippen LogP contribution in [0.5, 0.6) is 5.75 Å². The summed E-state index contributed by atoms with van der Waals surface area (Å²) in [4.78, 5) is 13.7. The summed E-state index contributed by atoms with van der Waals surface area (Å²) in [5, 5.41) is 0. The van der Waals surface area contributed by atoms with Crippen molar-refractivity contribution >= 4 is 18.2 Å². The Hall–Kier alpha value is -1.10. The molecule has 0 spiro atoms. The molecule has 4 nitrogen and oxygen atoms in total. The van der Waals surface area contributed by atoms with Gasteiger partial charge in [-0.3, -0.25) is 9.69 Å². The number of para-hydroxylation sites is 1. The quantitative estimate of drug-likeness (QED) is 0.837. The molecule has 1 aliphatic rings. The fourth-order valence-corrected chi connectivity index (χ4v) is 2.23. The van der Waals surface area contributed by atoms with E-state index in [2.05, 4.69) is 4.90 Å². The molecule has 0 bridgehead atoms. The van der Waals surface area contributed by atoms with E-state index in [-0.39, 0.29) is 18.2 Å². The van der Waals surface area contributed by atoms with Crippen LogP contribution in [0.2, 0.25) is 0 Å². The summed E-state index contributed by atoms with van der Waals surface area (Å²) >= 11 is 0. The maximum absolute atomic E-state index is 11.4. The molecule has 0 aromatic heterocycles. The second-order valence-electron chi connectivity index (χ2n) is 4.75. The summed E-state index contributed by atoms with van der Waals surface area (Å²) in [6.07, 6.45) is 1.06. The van der Waals surface area contributed by atoms with Crippen LogP contribution in [0.4, 0.5) is 0 Å². The number of hydrogen-bond acceptors (Lipinski definition) is 4. The molecule has 0 amide bonds. The molecule has 0 aliphatic carbocycles.